The topological polar surface area (TPSA) is 95.9 Å². The van der Waals surface area contributed by atoms with Gasteiger partial charge in [-0.3, -0.25) is 9.48 Å². The van der Waals surface area contributed by atoms with Crippen LogP contribution in [-0.2, 0) is 19.3 Å². The Morgan fingerprint density at radius 3 is 2.78 bits per heavy atom. The average Bonchev–Trinajstić information content (AvgIpc) is 3.54. The van der Waals surface area contributed by atoms with E-state index in [9.17, 15) is 23.2 Å². The molecule has 3 aromatic heterocycles. The quantitative estimate of drug-likeness (QED) is 0.574. The van der Waals surface area contributed by atoms with Crippen LogP contribution in [0.15, 0.2) is 43.0 Å². The molecule has 0 N–H and O–H groups in total. The number of alkyl halides is 3. The van der Waals surface area contributed by atoms with E-state index >= 15 is 0 Å². The zero-order valence-corrected chi connectivity index (χ0v) is 16.6. The zero-order valence-electron chi connectivity index (χ0n) is 16.6. The first-order chi connectivity index (χ1) is 15.3. The molecule has 1 amide bonds. The number of amides is 1. The van der Waals surface area contributed by atoms with Gasteiger partial charge >= 0.3 is 6.18 Å². The number of carbonyl (C=O) groups excluding carboxylic acids is 1. The average molecular weight is 442 g/mol. The van der Waals surface area contributed by atoms with E-state index < -0.39 is 11.7 Å². The van der Waals surface area contributed by atoms with Gasteiger partial charge in [-0.05, 0) is 18.6 Å². The fourth-order valence-corrected chi connectivity index (χ4v) is 4.24. The number of nitriles is 1. The number of aromatic nitrogens is 5. The van der Waals surface area contributed by atoms with Crippen LogP contribution in [0.1, 0.15) is 28.0 Å². The molecule has 0 aromatic carbocycles. The van der Waals surface area contributed by atoms with E-state index in [1.807, 2.05) is 12.3 Å². The van der Waals surface area contributed by atoms with Gasteiger partial charge < -0.3 is 9.80 Å². The summed E-state index contributed by atoms with van der Waals surface area (Å²) < 4.78 is 41.4. The lowest BCUT2D eigenvalue weighted by Gasteiger charge is -2.22. The second-order valence-electron chi connectivity index (χ2n) is 7.81. The van der Waals surface area contributed by atoms with E-state index in [4.69, 9.17) is 0 Å². The van der Waals surface area contributed by atoms with Crippen molar-refractivity contribution in [3.8, 4) is 12.0 Å². The molecule has 32 heavy (non-hydrogen) atoms. The molecule has 0 aliphatic carbocycles. The monoisotopic (exact) mass is 442 g/mol. The minimum atomic E-state index is -4.51. The maximum atomic E-state index is 13.1. The van der Waals surface area contributed by atoms with Gasteiger partial charge in [0.05, 0.1) is 30.4 Å². The van der Waals surface area contributed by atoms with Gasteiger partial charge in [-0.2, -0.15) is 28.6 Å². The molecule has 164 valence electrons. The standard InChI is InChI=1S/C20H17F3N8O/c21-20(22,23)14-7-26-31(9-14)17-3-2-13-8-30(19(32)18(13)27-17)16-6-15(28(10-16)12-24)11-29-5-1-4-25-29/h1-5,7,9,15-16H,6,8,10-11H2/t15-,16+/m0/s1. The highest BCUT2D eigenvalue weighted by molar-refractivity contribution is 5.96. The lowest BCUT2D eigenvalue weighted by atomic mass is 10.1. The summed E-state index contributed by atoms with van der Waals surface area (Å²) in [5.74, 6) is -0.163. The third-order valence-corrected chi connectivity index (χ3v) is 5.83. The molecule has 12 heteroatoms. The summed E-state index contributed by atoms with van der Waals surface area (Å²) in [4.78, 5) is 20.7. The van der Waals surface area contributed by atoms with Crippen molar-refractivity contribution >= 4 is 5.91 Å². The molecule has 2 aliphatic heterocycles. The molecule has 0 spiro atoms. The van der Waals surface area contributed by atoms with Crippen LogP contribution in [0.4, 0.5) is 13.2 Å². The Bertz CT molecular complexity index is 1200. The minimum absolute atomic E-state index is 0.0882. The molecule has 0 unspecified atom stereocenters. The van der Waals surface area contributed by atoms with Crippen LogP contribution in [0.2, 0.25) is 0 Å². The Morgan fingerprint density at radius 2 is 2.09 bits per heavy atom. The fraction of sp³-hybridized carbons (Fsp3) is 0.350. The lowest BCUT2D eigenvalue weighted by Crippen LogP contribution is -2.37. The predicted octanol–water partition coefficient (Wildman–Crippen LogP) is 2.06. The fourth-order valence-electron chi connectivity index (χ4n) is 4.24. The Labute approximate surface area is 180 Å². The van der Waals surface area contributed by atoms with E-state index in [0.29, 0.717) is 31.6 Å². The smallest absolute Gasteiger partial charge is 0.328 e. The first-order valence-corrected chi connectivity index (χ1v) is 9.90. The second kappa shape index (κ2) is 7.37. The second-order valence-corrected chi connectivity index (χ2v) is 7.81. The number of likely N-dealkylation sites (tertiary alicyclic amines) is 1. The number of halogens is 3. The van der Waals surface area contributed by atoms with Crippen molar-refractivity contribution in [3.05, 3.63) is 59.8 Å². The van der Waals surface area contributed by atoms with Gasteiger partial charge in [0.2, 0.25) is 0 Å². The maximum absolute atomic E-state index is 13.1. The van der Waals surface area contributed by atoms with E-state index in [2.05, 4.69) is 21.4 Å². The Balaban J connectivity index is 1.34. The number of nitrogens with zero attached hydrogens (tertiary/aromatic N) is 8. The molecule has 0 radical (unpaired) electrons. The van der Waals surface area contributed by atoms with Gasteiger partial charge in [0, 0.05) is 37.2 Å². The van der Waals surface area contributed by atoms with Gasteiger partial charge in [0.15, 0.2) is 12.0 Å². The van der Waals surface area contributed by atoms with Crippen LogP contribution in [0, 0.1) is 11.5 Å². The van der Waals surface area contributed by atoms with Gasteiger partial charge in [-0.25, -0.2) is 9.67 Å². The van der Waals surface area contributed by atoms with E-state index in [1.165, 1.54) is 0 Å². The third kappa shape index (κ3) is 3.45. The number of carbonyl (C=O) groups is 1. The number of hydrogen-bond donors (Lipinski definition) is 0. The molecule has 2 aliphatic rings. The van der Waals surface area contributed by atoms with Gasteiger partial charge in [-0.1, -0.05) is 6.07 Å². The van der Waals surface area contributed by atoms with Crippen molar-refractivity contribution in [2.24, 2.45) is 0 Å². The molecule has 1 fully saturated rings. The van der Waals surface area contributed by atoms with E-state index in [0.717, 1.165) is 17.1 Å². The number of hydrogen-bond acceptors (Lipinski definition) is 6. The highest BCUT2D eigenvalue weighted by Crippen LogP contribution is 2.32. The number of pyridine rings is 1. The molecule has 3 aromatic rings. The first kappa shape index (κ1) is 20.0. The van der Waals surface area contributed by atoms with E-state index in [-0.39, 0.29) is 29.5 Å². The van der Waals surface area contributed by atoms with Crippen LogP contribution in [0.5, 0.6) is 0 Å². The van der Waals surface area contributed by atoms with Gasteiger partial charge in [-0.15, -0.1) is 0 Å². The number of fused-ring (bicyclic) bond motifs is 1. The highest BCUT2D eigenvalue weighted by Gasteiger charge is 2.41. The van der Waals surface area contributed by atoms with Crippen molar-refractivity contribution < 1.29 is 18.0 Å². The Morgan fingerprint density at radius 1 is 1.25 bits per heavy atom. The largest absolute Gasteiger partial charge is 0.419 e. The summed E-state index contributed by atoms with van der Waals surface area (Å²) in [5, 5.41) is 17.4. The summed E-state index contributed by atoms with van der Waals surface area (Å²) in [6, 6.07) is 4.77. The molecule has 2 atom stereocenters. The molecule has 5 heterocycles. The van der Waals surface area contributed by atoms with Crippen molar-refractivity contribution in [2.75, 3.05) is 6.54 Å². The zero-order chi connectivity index (χ0) is 22.5. The Kier molecular flexibility index (Phi) is 4.61. The van der Waals surface area contributed by atoms with Crippen LogP contribution in [0.3, 0.4) is 0 Å². The summed E-state index contributed by atoms with van der Waals surface area (Å²) in [6.45, 7) is 1.28. The third-order valence-electron chi connectivity index (χ3n) is 5.83. The van der Waals surface area contributed by atoms with Crippen LogP contribution in [0.25, 0.3) is 5.82 Å². The highest BCUT2D eigenvalue weighted by atomic mass is 19.4. The molecule has 1 saturated heterocycles. The summed E-state index contributed by atoms with van der Waals surface area (Å²) >= 11 is 0. The van der Waals surface area contributed by atoms with Crippen LogP contribution in [-0.4, -0.2) is 58.9 Å². The van der Waals surface area contributed by atoms with Crippen molar-refractivity contribution in [2.45, 2.75) is 37.8 Å². The summed E-state index contributed by atoms with van der Waals surface area (Å²) in [5.41, 5.74) is 0.00473. The molecule has 9 nitrogen and oxygen atoms in total. The first-order valence-electron chi connectivity index (χ1n) is 9.90. The van der Waals surface area contributed by atoms with Gasteiger partial charge in [0.25, 0.3) is 5.91 Å². The molecule has 0 saturated carbocycles. The van der Waals surface area contributed by atoms with Crippen molar-refractivity contribution in [1.82, 2.24) is 34.3 Å². The Hall–Kier alpha value is -3.88. The normalized spacial score (nSPS) is 20.6. The molecule has 5 rings (SSSR count). The molecule has 0 bridgehead atoms. The van der Waals surface area contributed by atoms with Gasteiger partial charge in [0.1, 0.15) is 5.69 Å². The predicted molar refractivity (Wildman–Crippen MR) is 103 cm³/mol. The SMILES string of the molecule is N#CN1C[C@H](N2Cc3ccc(-n4cc(C(F)(F)F)cn4)nc3C2=O)C[C@H]1Cn1cccn1. The van der Waals surface area contributed by atoms with Crippen LogP contribution < -0.4 is 0 Å². The maximum Gasteiger partial charge on any atom is 0.419 e. The number of rotatable bonds is 4. The van der Waals surface area contributed by atoms with E-state index in [1.54, 1.807) is 32.8 Å². The summed E-state index contributed by atoms with van der Waals surface area (Å²) in [7, 11) is 0. The molecular weight excluding hydrogens is 425 g/mol. The minimum Gasteiger partial charge on any atom is -0.328 e. The van der Waals surface area contributed by atoms with Crippen molar-refractivity contribution in [3.63, 3.8) is 0 Å². The van der Waals surface area contributed by atoms with Crippen LogP contribution >= 0.6 is 0 Å². The van der Waals surface area contributed by atoms with Crippen molar-refractivity contribution in [1.29, 1.82) is 5.26 Å². The molecular formula is C20H17F3N8O. The lowest BCUT2D eigenvalue weighted by molar-refractivity contribution is -0.137. The summed E-state index contributed by atoms with van der Waals surface area (Å²) in [6.07, 6.45) is 3.35.